The smallest absolute Gasteiger partial charge is 0.221 e. The van der Waals surface area contributed by atoms with Gasteiger partial charge in [-0.1, -0.05) is 0 Å². The number of rotatable bonds is 6. The molecule has 8 heteroatoms. The van der Waals surface area contributed by atoms with Crippen molar-refractivity contribution in [2.75, 3.05) is 17.6 Å². The van der Waals surface area contributed by atoms with Crippen molar-refractivity contribution in [3.63, 3.8) is 0 Å². The first-order valence-corrected chi connectivity index (χ1v) is 8.33. The molecule has 1 amide bonds. The normalized spacial score (nSPS) is 10.9. The Morgan fingerprint density at radius 1 is 1.48 bits per heavy atom. The van der Waals surface area contributed by atoms with Crippen LogP contribution in [-0.4, -0.2) is 27.9 Å². The fraction of sp³-hybridized carbons (Fsp3) is 0.462. The van der Waals surface area contributed by atoms with Crippen LogP contribution in [-0.2, 0) is 4.79 Å². The number of aryl methyl sites for hydroxylation is 1. The molecule has 0 unspecified atom stereocenters. The van der Waals surface area contributed by atoms with E-state index in [-0.39, 0.29) is 11.9 Å². The van der Waals surface area contributed by atoms with E-state index in [2.05, 4.69) is 20.0 Å². The standard InChI is InChI=1S/C13H19N5OS2/c1-7(2)16-9(19)4-5-15-12-10(11(14)18-21-12)13-17-8(3)6-20-13/h6-7,15H,4-5H2,1-3H3,(H2,14,18)(H,16,19). The SMILES string of the molecule is Cc1csc(-c2c(N)nsc2NCCC(=O)NC(C)C)n1. The summed E-state index contributed by atoms with van der Waals surface area (Å²) < 4.78 is 4.17. The Morgan fingerprint density at radius 3 is 2.86 bits per heavy atom. The molecule has 0 spiro atoms. The van der Waals surface area contributed by atoms with Gasteiger partial charge in [-0.15, -0.1) is 11.3 Å². The molecule has 0 saturated carbocycles. The molecular formula is C13H19N5OS2. The lowest BCUT2D eigenvalue weighted by molar-refractivity contribution is -0.121. The minimum absolute atomic E-state index is 0.0293. The van der Waals surface area contributed by atoms with E-state index in [9.17, 15) is 4.79 Å². The van der Waals surface area contributed by atoms with Crippen molar-refractivity contribution in [3.8, 4) is 10.6 Å². The number of carbonyl (C=O) groups is 1. The molecule has 0 fully saturated rings. The van der Waals surface area contributed by atoms with Crippen LogP contribution in [0.2, 0.25) is 0 Å². The maximum Gasteiger partial charge on any atom is 0.221 e. The summed E-state index contributed by atoms with van der Waals surface area (Å²) in [6.45, 7) is 6.37. The van der Waals surface area contributed by atoms with E-state index in [1.165, 1.54) is 11.5 Å². The number of nitrogens with zero attached hydrogens (tertiary/aromatic N) is 2. The molecule has 2 aromatic heterocycles. The summed E-state index contributed by atoms with van der Waals surface area (Å²) in [5.74, 6) is 0.505. The van der Waals surface area contributed by atoms with E-state index in [4.69, 9.17) is 5.73 Å². The predicted molar refractivity (Wildman–Crippen MR) is 88.8 cm³/mol. The van der Waals surface area contributed by atoms with Crippen LogP contribution >= 0.6 is 22.9 Å². The number of nitrogens with one attached hydrogen (secondary N) is 2. The van der Waals surface area contributed by atoms with Crippen molar-refractivity contribution in [1.29, 1.82) is 0 Å². The van der Waals surface area contributed by atoms with Crippen molar-refractivity contribution in [2.24, 2.45) is 0 Å². The Balaban J connectivity index is 2.00. The van der Waals surface area contributed by atoms with Crippen LogP contribution in [0.15, 0.2) is 5.38 Å². The lowest BCUT2D eigenvalue weighted by Gasteiger charge is -2.09. The highest BCUT2D eigenvalue weighted by atomic mass is 32.1. The average Bonchev–Trinajstić information content (AvgIpc) is 2.95. The van der Waals surface area contributed by atoms with Crippen molar-refractivity contribution in [1.82, 2.24) is 14.7 Å². The average molecular weight is 325 g/mol. The van der Waals surface area contributed by atoms with Gasteiger partial charge in [0.1, 0.15) is 15.8 Å². The zero-order valence-corrected chi connectivity index (χ0v) is 13.9. The van der Waals surface area contributed by atoms with E-state index in [1.54, 1.807) is 11.3 Å². The van der Waals surface area contributed by atoms with Crippen molar-refractivity contribution >= 4 is 39.6 Å². The number of thiazole rings is 1. The molecule has 114 valence electrons. The molecule has 2 heterocycles. The molecule has 0 aliphatic heterocycles. The van der Waals surface area contributed by atoms with E-state index >= 15 is 0 Å². The molecule has 0 radical (unpaired) electrons. The Labute approximate surface area is 132 Å². The Morgan fingerprint density at radius 2 is 2.24 bits per heavy atom. The maximum absolute atomic E-state index is 11.6. The zero-order valence-electron chi connectivity index (χ0n) is 12.3. The van der Waals surface area contributed by atoms with E-state index in [1.807, 2.05) is 26.2 Å². The van der Waals surface area contributed by atoms with Gasteiger partial charge in [0.15, 0.2) is 0 Å². The molecule has 6 nitrogen and oxygen atoms in total. The first-order chi connectivity index (χ1) is 9.97. The summed E-state index contributed by atoms with van der Waals surface area (Å²) in [7, 11) is 0. The molecule has 0 saturated heterocycles. The Kier molecular flexibility index (Phi) is 5.13. The highest BCUT2D eigenvalue weighted by Gasteiger charge is 2.16. The van der Waals surface area contributed by atoms with Gasteiger partial charge in [-0.05, 0) is 32.3 Å². The molecule has 0 aliphatic rings. The molecule has 2 rings (SSSR count). The Hall–Kier alpha value is -1.67. The van der Waals surface area contributed by atoms with Gasteiger partial charge >= 0.3 is 0 Å². The molecule has 21 heavy (non-hydrogen) atoms. The third-order valence-corrected chi connectivity index (χ3v) is 4.44. The monoisotopic (exact) mass is 325 g/mol. The van der Waals surface area contributed by atoms with Gasteiger partial charge in [0.25, 0.3) is 0 Å². The molecule has 0 bridgehead atoms. The molecule has 0 atom stereocenters. The number of nitrogens with two attached hydrogens (primary N) is 1. The second kappa shape index (κ2) is 6.86. The minimum Gasteiger partial charge on any atom is -0.382 e. The minimum atomic E-state index is 0.0293. The first kappa shape index (κ1) is 15.7. The van der Waals surface area contributed by atoms with Crippen LogP contribution < -0.4 is 16.4 Å². The number of nitrogen functional groups attached to an aromatic ring is 1. The van der Waals surface area contributed by atoms with Crippen LogP contribution in [0, 0.1) is 6.92 Å². The molecular weight excluding hydrogens is 306 g/mol. The van der Waals surface area contributed by atoms with E-state index in [0.29, 0.717) is 18.8 Å². The molecule has 0 aliphatic carbocycles. The number of amides is 1. The van der Waals surface area contributed by atoms with Crippen LogP contribution in [0.4, 0.5) is 10.8 Å². The van der Waals surface area contributed by atoms with Gasteiger partial charge in [0.05, 0.1) is 5.56 Å². The van der Waals surface area contributed by atoms with Crippen LogP contribution in [0.3, 0.4) is 0 Å². The van der Waals surface area contributed by atoms with Crippen LogP contribution in [0.5, 0.6) is 0 Å². The zero-order chi connectivity index (χ0) is 15.4. The van der Waals surface area contributed by atoms with Crippen LogP contribution in [0.1, 0.15) is 26.0 Å². The van der Waals surface area contributed by atoms with Crippen molar-refractivity contribution in [3.05, 3.63) is 11.1 Å². The number of aromatic nitrogens is 2. The summed E-state index contributed by atoms with van der Waals surface area (Å²) in [6.07, 6.45) is 0.409. The first-order valence-electron chi connectivity index (χ1n) is 6.68. The summed E-state index contributed by atoms with van der Waals surface area (Å²) in [5.41, 5.74) is 7.72. The van der Waals surface area contributed by atoms with Gasteiger partial charge in [0, 0.05) is 30.1 Å². The van der Waals surface area contributed by atoms with Crippen molar-refractivity contribution < 1.29 is 4.79 Å². The second-order valence-electron chi connectivity index (χ2n) is 4.96. The molecule has 0 aromatic carbocycles. The highest BCUT2D eigenvalue weighted by molar-refractivity contribution is 7.15. The van der Waals surface area contributed by atoms with Crippen molar-refractivity contribution in [2.45, 2.75) is 33.2 Å². The number of anilines is 2. The lowest BCUT2D eigenvalue weighted by atomic mass is 10.3. The predicted octanol–water partition coefficient (Wildman–Crippen LogP) is 2.48. The summed E-state index contributed by atoms with van der Waals surface area (Å²) >= 11 is 2.83. The Bertz CT molecular complexity index is 620. The lowest BCUT2D eigenvalue weighted by Crippen LogP contribution is -2.31. The number of hydrogen-bond acceptors (Lipinski definition) is 7. The number of carbonyl (C=O) groups excluding carboxylic acids is 1. The van der Waals surface area contributed by atoms with Gasteiger partial charge in [-0.3, -0.25) is 4.79 Å². The summed E-state index contributed by atoms with van der Waals surface area (Å²) in [4.78, 5) is 16.1. The largest absolute Gasteiger partial charge is 0.382 e. The van der Waals surface area contributed by atoms with E-state index in [0.717, 1.165) is 21.3 Å². The van der Waals surface area contributed by atoms with E-state index < -0.39 is 0 Å². The second-order valence-corrected chi connectivity index (χ2v) is 6.60. The van der Waals surface area contributed by atoms with Gasteiger partial charge < -0.3 is 16.4 Å². The summed E-state index contributed by atoms with van der Waals surface area (Å²) in [6, 6.07) is 0.158. The number of hydrogen-bond donors (Lipinski definition) is 3. The van der Waals surface area contributed by atoms with Gasteiger partial charge in [-0.2, -0.15) is 4.37 Å². The summed E-state index contributed by atoms with van der Waals surface area (Å²) in [5, 5.41) is 9.78. The fourth-order valence-electron chi connectivity index (χ4n) is 1.78. The van der Waals surface area contributed by atoms with Gasteiger partial charge in [0.2, 0.25) is 5.91 Å². The third kappa shape index (κ3) is 4.15. The topological polar surface area (TPSA) is 92.9 Å². The van der Waals surface area contributed by atoms with Crippen LogP contribution in [0.25, 0.3) is 10.6 Å². The third-order valence-electron chi connectivity index (χ3n) is 2.64. The fourth-order valence-corrected chi connectivity index (χ4v) is 3.44. The maximum atomic E-state index is 11.6. The highest BCUT2D eigenvalue weighted by Crippen LogP contribution is 2.38. The quantitative estimate of drug-likeness (QED) is 0.759. The molecule has 2 aromatic rings. The van der Waals surface area contributed by atoms with Gasteiger partial charge in [-0.25, -0.2) is 4.98 Å². The molecule has 4 N–H and O–H groups in total.